The topological polar surface area (TPSA) is 60.9 Å². The van der Waals surface area contributed by atoms with Crippen LogP contribution < -0.4 is 4.90 Å². The van der Waals surface area contributed by atoms with E-state index in [1.807, 2.05) is 36.4 Å². The molecule has 0 aliphatic carbocycles. The van der Waals surface area contributed by atoms with Gasteiger partial charge in [0.15, 0.2) is 5.78 Å². The lowest BCUT2D eigenvalue weighted by Gasteiger charge is -2.38. The summed E-state index contributed by atoms with van der Waals surface area (Å²) in [4.78, 5) is 42.6. The molecule has 1 unspecified atom stereocenters. The molecule has 2 aromatic rings. The molecule has 6 nitrogen and oxygen atoms in total. The zero-order valence-electron chi connectivity index (χ0n) is 16.9. The minimum Gasteiger partial charge on any atom is -0.369 e. The number of carbonyl (C=O) groups is 3. The molecule has 156 valence electrons. The molecular weight excluding hydrogens is 402 g/mol. The molecule has 0 saturated carbocycles. The maximum absolute atomic E-state index is 12.9. The molecule has 4 rings (SSSR count). The van der Waals surface area contributed by atoms with Gasteiger partial charge in [0.2, 0.25) is 11.8 Å². The van der Waals surface area contributed by atoms with Crippen LogP contribution in [0.4, 0.5) is 5.69 Å². The van der Waals surface area contributed by atoms with Gasteiger partial charge in [-0.05, 0) is 48.9 Å². The molecule has 7 heteroatoms. The lowest BCUT2D eigenvalue weighted by Crippen LogP contribution is -2.52. The molecule has 2 aromatic carbocycles. The molecule has 2 amide bonds. The number of hydrogen-bond acceptors (Lipinski definition) is 5. The van der Waals surface area contributed by atoms with Gasteiger partial charge in [0.25, 0.3) is 0 Å². The third-order valence-corrected chi connectivity index (χ3v) is 6.12. The van der Waals surface area contributed by atoms with Gasteiger partial charge in [-0.2, -0.15) is 0 Å². The predicted molar refractivity (Wildman–Crippen MR) is 116 cm³/mol. The fraction of sp³-hybridized carbons (Fsp3) is 0.348. The number of nitrogens with zero attached hydrogens (tertiary/aromatic N) is 3. The van der Waals surface area contributed by atoms with E-state index in [1.165, 1.54) is 4.90 Å². The van der Waals surface area contributed by atoms with Crippen molar-refractivity contribution < 1.29 is 14.4 Å². The SMILES string of the molecule is CC(=O)c1ccc(N2CCN(C3CC(=O)N(Cc4ccc(Cl)cc4)C3=O)CC2)cc1. The number of halogens is 1. The minimum atomic E-state index is -0.382. The van der Waals surface area contributed by atoms with Gasteiger partial charge in [0.1, 0.15) is 0 Å². The van der Waals surface area contributed by atoms with Gasteiger partial charge in [-0.25, -0.2) is 0 Å². The molecule has 2 saturated heterocycles. The fourth-order valence-corrected chi connectivity index (χ4v) is 4.21. The van der Waals surface area contributed by atoms with Crippen LogP contribution in [0.15, 0.2) is 48.5 Å². The number of ketones is 1. The Labute approximate surface area is 181 Å². The number of Topliss-reactive ketones (excluding diaryl/α,β-unsaturated/α-hetero) is 1. The Morgan fingerprint density at radius 1 is 0.967 bits per heavy atom. The highest BCUT2D eigenvalue weighted by Gasteiger charge is 2.42. The van der Waals surface area contributed by atoms with E-state index < -0.39 is 0 Å². The highest BCUT2D eigenvalue weighted by molar-refractivity contribution is 6.30. The number of likely N-dealkylation sites (tertiary alicyclic amines) is 1. The maximum Gasteiger partial charge on any atom is 0.247 e. The van der Waals surface area contributed by atoms with Crippen molar-refractivity contribution in [2.24, 2.45) is 0 Å². The van der Waals surface area contributed by atoms with Gasteiger partial charge in [-0.15, -0.1) is 0 Å². The highest BCUT2D eigenvalue weighted by atomic mass is 35.5. The van der Waals surface area contributed by atoms with Gasteiger partial charge in [0, 0.05) is 42.5 Å². The van der Waals surface area contributed by atoms with Crippen molar-refractivity contribution in [1.82, 2.24) is 9.80 Å². The lowest BCUT2D eigenvalue weighted by atomic mass is 10.1. The number of amides is 2. The zero-order chi connectivity index (χ0) is 21.3. The van der Waals surface area contributed by atoms with E-state index in [4.69, 9.17) is 11.6 Å². The Morgan fingerprint density at radius 3 is 2.20 bits per heavy atom. The van der Waals surface area contributed by atoms with E-state index in [0.717, 1.165) is 24.3 Å². The van der Waals surface area contributed by atoms with E-state index in [0.29, 0.717) is 23.7 Å². The van der Waals surface area contributed by atoms with Crippen LogP contribution >= 0.6 is 11.6 Å². The van der Waals surface area contributed by atoms with Crippen LogP contribution in [0.5, 0.6) is 0 Å². The summed E-state index contributed by atoms with van der Waals surface area (Å²) in [5, 5.41) is 0.629. The first-order valence-corrected chi connectivity index (χ1v) is 10.5. The van der Waals surface area contributed by atoms with Crippen LogP contribution in [-0.2, 0) is 16.1 Å². The first-order chi connectivity index (χ1) is 14.4. The van der Waals surface area contributed by atoms with Crippen molar-refractivity contribution in [2.45, 2.75) is 25.9 Å². The predicted octanol–water partition coefficient (Wildman–Crippen LogP) is 2.99. The van der Waals surface area contributed by atoms with Crippen LogP contribution in [0.2, 0.25) is 5.02 Å². The summed E-state index contributed by atoms with van der Waals surface area (Å²) >= 11 is 5.91. The number of benzene rings is 2. The second-order valence-electron chi connectivity index (χ2n) is 7.79. The van der Waals surface area contributed by atoms with Gasteiger partial charge >= 0.3 is 0 Å². The number of imide groups is 1. The van der Waals surface area contributed by atoms with E-state index in [2.05, 4.69) is 9.80 Å². The summed E-state index contributed by atoms with van der Waals surface area (Å²) in [7, 11) is 0. The van der Waals surface area contributed by atoms with E-state index >= 15 is 0 Å². The molecule has 0 radical (unpaired) electrons. The molecule has 30 heavy (non-hydrogen) atoms. The number of carbonyl (C=O) groups excluding carboxylic acids is 3. The second kappa shape index (κ2) is 8.58. The molecular formula is C23H24ClN3O3. The van der Waals surface area contributed by atoms with Crippen molar-refractivity contribution in [3.8, 4) is 0 Å². The Kier molecular flexibility index (Phi) is 5.88. The first-order valence-electron chi connectivity index (χ1n) is 10.1. The first kappa shape index (κ1) is 20.6. The van der Waals surface area contributed by atoms with Gasteiger partial charge in [-0.1, -0.05) is 23.7 Å². The summed E-state index contributed by atoms with van der Waals surface area (Å²) in [6.45, 7) is 4.82. The Hall–Kier alpha value is -2.70. The molecule has 2 aliphatic rings. The summed E-state index contributed by atoms with van der Waals surface area (Å²) in [5.74, 6) is -0.185. The molecule has 0 spiro atoms. The Balaban J connectivity index is 1.36. The molecule has 2 aliphatic heterocycles. The molecule has 2 heterocycles. The van der Waals surface area contributed by atoms with Crippen LogP contribution in [0.1, 0.15) is 29.3 Å². The number of piperazine rings is 1. The maximum atomic E-state index is 12.9. The van der Waals surface area contributed by atoms with E-state index in [9.17, 15) is 14.4 Å². The molecule has 0 bridgehead atoms. The van der Waals surface area contributed by atoms with Crippen molar-refractivity contribution in [3.63, 3.8) is 0 Å². The third-order valence-electron chi connectivity index (χ3n) is 5.87. The number of rotatable bonds is 5. The van der Waals surface area contributed by atoms with E-state index in [-0.39, 0.29) is 36.6 Å². The monoisotopic (exact) mass is 425 g/mol. The summed E-state index contributed by atoms with van der Waals surface area (Å²) in [5.41, 5.74) is 2.66. The van der Waals surface area contributed by atoms with Crippen molar-refractivity contribution in [3.05, 3.63) is 64.7 Å². The van der Waals surface area contributed by atoms with Gasteiger partial charge in [-0.3, -0.25) is 24.2 Å². The molecule has 2 fully saturated rings. The van der Waals surface area contributed by atoms with Crippen LogP contribution in [0, 0.1) is 0 Å². The van der Waals surface area contributed by atoms with Crippen molar-refractivity contribution in [2.75, 3.05) is 31.1 Å². The van der Waals surface area contributed by atoms with Gasteiger partial charge < -0.3 is 4.90 Å². The average molecular weight is 426 g/mol. The summed E-state index contributed by atoms with van der Waals surface area (Å²) in [6.07, 6.45) is 0.236. The van der Waals surface area contributed by atoms with Gasteiger partial charge in [0.05, 0.1) is 19.0 Å². The standard InChI is InChI=1S/C23H24ClN3O3/c1-16(28)18-4-8-20(9-5-18)25-10-12-26(13-11-25)21-14-22(29)27(23(21)30)15-17-2-6-19(24)7-3-17/h2-9,21H,10-15H2,1H3. The van der Waals surface area contributed by atoms with Crippen molar-refractivity contribution >= 4 is 34.9 Å². The summed E-state index contributed by atoms with van der Waals surface area (Å²) in [6, 6.07) is 14.4. The molecule has 0 aromatic heterocycles. The fourth-order valence-electron chi connectivity index (χ4n) is 4.09. The van der Waals surface area contributed by atoms with E-state index in [1.54, 1.807) is 19.1 Å². The largest absolute Gasteiger partial charge is 0.369 e. The quantitative estimate of drug-likeness (QED) is 0.544. The highest BCUT2D eigenvalue weighted by Crippen LogP contribution is 2.24. The van der Waals surface area contributed by atoms with Crippen LogP contribution in [0.3, 0.4) is 0 Å². The third kappa shape index (κ3) is 4.25. The molecule has 0 N–H and O–H groups in total. The zero-order valence-corrected chi connectivity index (χ0v) is 17.6. The van der Waals surface area contributed by atoms with Crippen LogP contribution in [-0.4, -0.2) is 59.6 Å². The lowest BCUT2D eigenvalue weighted by molar-refractivity contribution is -0.140. The number of anilines is 1. The normalized spacial score (nSPS) is 20.1. The summed E-state index contributed by atoms with van der Waals surface area (Å²) < 4.78 is 0. The molecule has 1 atom stereocenters. The number of hydrogen-bond donors (Lipinski definition) is 0. The average Bonchev–Trinajstić information content (AvgIpc) is 3.04. The minimum absolute atomic E-state index is 0.0546. The smallest absolute Gasteiger partial charge is 0.247 e. The van der Waals surface area contributed by atoms with Crippen LogP contribution in [0.25, 0.3) is 0 Å². The Bertz CT molecular complexity index is 951. The van der Waals surface area contributed by atoms with Crippen molar-refractivity contribution in [1.29, 1.82) is 0 Å². The second-order valence-corrected chi connectivity index (χ2v) is 8.23. The Morgan fingerprint density at radius 2 is 1.60 bits per heavy atom.